The van der Waals surface area contributed by atoms with Crippen molar-refractivity contribution in [1.82, 2.24) is 0 Å². The van der Waals surface area contributed by atoms with Crippen LogP contribution in [0, 0.1) is 16.2 Å². The minimum Gasteiger partial charge on any atom is -0.401 e. The molecule has 1 aliphatic carbocycles. The highest BCUT2D eigenvalue weighted by Gasteiger charge is 2.35. The lowest BCUT2D eigenvalue weighted by Crippen LogP contribution is -2.51. The minimum atomic E-state index is -1.32. The number of carbonyl (C=O) groups is 1. The first-order valence-corrected chi connectivity index (χ1v) is 19.3. The Balaban J connectivity index is 2.56. The summed E-state index contributed by atoms with van der Waals surface area (Å²) in [6, 6.07) is 8.80. The highest BCUT2D eigenvalue weighted by atomic mass is 28.3. The monoisotopic (exact) mass is 531 g/mol. The van der Waals surface area contributed by atoms with Crippen molar-refractivity contribution in [2.75, 3.05) is 4.90 Å². The molecule has 36 heavy (non-hydrogen) atoms. The molecule has 0 N–H and O–H groups in total. The summed E-state index contributed by atoms with van der Waals surface area (Å²) in [6.07, 6.45) is 5.16. The summed E-state index contributed by atoms with van der Waals surface area (Å²) in [6.45, 7) is 27.1. The van der Waals surface area contributed by atoms with Crippen LogP contribution in [-0.4, -0.2) is 36.3 Å². The Morgan fingerprint density at radius 2 is 1.28 bits per heavy atom. The van der Waals surface area contributed by atoms with E-state index in [9.17, 15) is 4.79 Å². The van der Waals surface area contributed by atoms with Crippen LogP contribution in [-0.2, 0) is 13.6 Å². The molecular formula is C30H53NO3Si2. The van der Waals surface area contributed by atoms with Gasteiger partial charge in [0.05, 0.1) is 0 Å². The zero-order valence-electron chi connectivity index (χ0n) is 25.2. The standard InChI is InChI=1S/C30H53NO3Si2/c1-28(2,3)20-26(33-35(9)10)31(27(34-36(11)12)21-29(4,5)6)24-15-13-22(14-16-24)23-17-25(32)19-30(7,8)18-23/h13-17,26-27,35-36H,18-21H2,1-12H3. The second-order valence-corrected chi connectivity index (χ2v) is 19.2. The topological polar surface area (TPSA) is 38.8 Å². The van der Waals surface area contributed by atoms with E-state index in [2.05, 4.69) is 111 Å². The van der Waals surface area contributed by atoms with Crippen molar-refractivity contribution in [2.45, 2.75) is 120 Å². The van der Waals surface area contributed by atoms with E-state index < -0.39 is 18.1 Å². The average Bonchev–Trinajstić information content (AvgIpc) is 2.63. The summed E-state index contributed by atoms with van der Waals surface area (Å²) >= 11 is 0. The fraction of sp³-hybridized carbons (Fsp3) is 0.700. The third-order valence-corrected chi connectivity index (χ3v) is 7.96. The van der Waals surface area contributed by atoms with Gasteiger partial charge < -0.3 is 13.8 Å². The number of hydrogen-bond donors (Lipinski definition) is 0. The Bertz CT molecular complexity index is 862. The van der Waals surface area contributed by atoms with Crippen LogP contribution in [0.3, 0.4) is 0 Å². The van der Waals surface area contributed by atoms with Gasteiger partial charge in [-0.25, -0.2) is 0 Å². The van der Waals surface area contributed by atoms with Gasteiger partial charge in [0.2, 0.25) is 0 Å². The van der Waals surface area contributed by atoms with Crippen molar-refractivity contribution < 1.29 is 13.6 Å². The summed E-state index contributed by atoms with van der Waals surface area (Å²) in [5.74, 6) is 0.230. The molecule has 2 rings (SSSR count). The number of hydrogen-bond acceptors (Lipinski definition) is 4. The largest absolute Gasteiger partial charge is 0.401 e. The minimum absolute atomic E-state index is 0.00689. The maximum Gasteiger partial charge on any atom is 0.173 e. The van der Waals surface area contributed by atoms with Crippen molar-refractivity contribution in [3.05, 3.63) is 35.9 Å². The normalized spacial score (nSPS) is 18.4. The Labute approximate surface area is 225 Å². The lowest BCUT2D eigenvalue weighted by molar-refractivity contribution is -0.116. The summed E-state index contributed by atoms with van der Waals surface area (Å²) in [5.41, 5.74) is 3.65. The predicted molar refractivity (Wildman–Crippen MR) is 161 cm³/mol. The number of allylic oxidation sites excluding steroid dienone is 2. The molecule has 0 spiro atoms. The van der Waals surface area contributed by atoms with Crippen LogP contribution in [0.4, 0.5) is 5.69 Å². The molecular weight excluding hydrogens is 479 g/mol. The van der Waals surface area contributed by atoms with Crippen LogP contribution in [0.25, 0.3) is 5.57 Å². The Morgan fingerprint density at radius 3 is 1.64 bits per heavy atom. The Morgan fingerprint density at radius 1 is 0.833 bits per heavy atom. The fourth-order valence-electron chi connectivity index (χ4n) is 5.00. The van der Waals surface area contributed by atoms with Gasteiger partial charge in [0.1, 0.15) is 12.5 Å². The molecule has 1 aromatic carbocycles. The number of benzene rings is 1. The van der Waals surface area contributed by atoms with E-state index in [0.29, 0.717) is 6.42 Å². The average molecular weight is 532 g/mol. The molecule has 4 nitrogen and oxygen atoms in total. The molecule has 0 bridgehead atoms. The lowest BCUT2D eigenvalue weighted by Gasteiger charge is -2.45. The maximum atomic E-state index is 12.4. The summed E-state index contributed by atoms with van der Waals surface area (Å²) in [4.78, 5) is 14.8. The zero-order valence-corrected chi connectivity index (χ0v) is 27.5. The maximum absolute atomic E-state index is 12.4. The Hall–Kier alpha value is -1.22. The summed E-state index contributed by atoms with van der Waals surface area (Å²) in [5, 5.41) is 0. The molecule has 2 atom stereocenters. The highest BCUT2D eigenvalue weighted by Crippen LogP contribution is 2.39. The van der Waals surface area contributed by atoms with E-state index in [-0.39, 0.29) is 34.5 Å². The van der Waals surface area contributed by atoms with Gasteiger partial charge in [-0.1, -0.05) is 67.5 Å². The fourth-order valence-corrected chi connectivity index (χ4v) is 6.71. The SMILES string of the molecule is C[SiH](C)OC(CC(C)(C)C)N(c1ccc(C2=CC(=O)CC(C)(C)C2)cc1)C(CC(C)(C)C)O[SiH](C)C. The first-order chi connectivity index (χ1) is 16.3. The molecule has 1 aliphatic rings. The van der Waals surface area contributed by atoms with Crippen molar-refractivity contribution >= 4 is 35.1 Å². The quantitative estimate of drug-likeness (QED) is 0.228. The van der Waals surface area contributed by atoms with Crippen LogP contribution in [0.15, 0.2) is 30.3 Å². The number of rotatable bonds is 10. The van der Waals surface area contributed by atoms with Crippen LogP contribution in [0.2, 0.25) is 26.2 Å². The number of carbonyl (C=O) groups excluding carboxylic acids is 1. The molecule has 0 saturated carbocycles. The van der Waals surface area contributed by atoms with Gasteiger partial charge in [-0.15, -0.1) is 0 Å². The van der Waals surface area contributed by atoms with Gasteiger partial charge >= 0.3 is 0 Å². The predicted octanol–water partition coefficient (Wildman–Crippen LogP) is 7.79. The van der Waals surface area contributed by atoms with Crippen LogP contribution in [0.5, 0.6) is 0 Å². The van der Waals surface area contributed by atoms with Crippen molar-refractivity contribution in [1.29, 1.82) is 0 Å². The van der Waals surface area contributed by atoms with Crippen LogP contribution < -0.4 is 4.90 Å². The molecule has 1 aromatic rings. The molecule has 0 aromatic heterocycles. The van der Waals surface area contributed by atoms with Crippen LogP contribution >= 0.6 is 0 Å². The molecule has 0 fully saturated rings. The third kappa shape index (κ3) is 10.3. The molecule has 0 radical (unpaired) electrons. The molecule has 0 heterocycles. The van der Waals surface area contributed by atoms with E-state index in [1.54, 1.807) is 0 Å². The third-order valence-electron chi connectivity index (χ3n) is 6.25. The van der Waals surface area contributed by atoms with Gasteiger partial charge in [-0.05, 0) is 91.0 Å². The van der Waals surface area contributed by atoms with Crippen molar-refractivity contribution in [3.63, 3.8) is 0 Å². The van der Waals surface area contributed by atoms with Crippen LogP contribution in [0.1, 0.15) is 86.6 Å². The van der Waals surface area contributed by atoms with Gasteiger partial charge in [-0.3, -0.25) is 4.79 Å². The van der Waals surface area contributed by atoms with Gasteiger partial charge in [-0.2, -0.15) is 0 Å². The molecule has 6 heteroatoms. The molecule has 0 saturated heterocycles. The number of anilines is 1. The smallest absolute Gasteiger partial charge is 0.173 e. The summed E-state index contributed by atoms with van der Waals surface area (Å²) < 4.78 is 13.5. The molecule has 0 aliphatic heterocycles. The van der Waals surface area contributed by atoms with E-state index >= 15 is 0 Å². The second kappa shape index (κ2) is 12.1. The zero-order chi connectivity index (χ0) is 27.5. The number of nitrogens with zero attached hydrogens (tertiary/aromatic N) is 1. The molecule has 2 unspecified atom stereocenters. The first-order valence-electron chi connectivity index (χ1n) is 13.8. The van der Waals surface area contributed by atoms with Gasteiger partial charge in [0.25, 0.3) is 0 Å². The summed E-state index contributed by atoms with van der Waals surface area (Å²) in [7, 11) is -2.63. The Kier molecular flexibility index (Phi) is 10.4. The van der Waals surface area contributed by atoms with E-state index in [0.717, 1.165) is 36.1 Å². The van der Waals surface area contributed by atoms with E-state index in [4.69, 9.17) is 8.85 Å². The van der Waals surface area contributed by atoms with E-state index in [1.165, 1.54) is 0 Å². The van der Waals surface area contributed by atoms with Crippen molar-refractivity contribution in [2.24, 2.45) is 16.2 Å². The van der Waals surface area contributed by atoms with Crippen molar-refractivity contribution in [3.8, 4) is 0 Å². The molecule has 0 amide bonds. The molecule has 204 valence electrons. The second-order valence-electron chi connectivity index (χ2n) is 14.4. The first kappa shape index (κ1) is 31.0. The van der Waals surface area contributed by atoms with Gasteiger partial charge in [0, 0.05) is 12.1 Å². The highest BCUT2D eigenvalue weighted by molar-refractivity contribution is 6.48. The lowest BCUT2D eigenvalue weighted by atomic mass is 9.75. The van der Waals surface area contributed by atoms with E-state index in [1.807, 2.05) is 6.08 Å². The number of ketones is 1. The van der Waals surface area contributed by atoms with Gasteiger partial charge in [0.15, 0.2) is 23.9 Å².